The normalized spacial score (nSPS) is 17.4. The topological polar surface area (TPSA) is 39.4 Å². The summed E-state index contributed by atoms with van der Waals surface area (Å²) in [4.78, 5) is 7.36. The molecule has 0 spiro atoms. The molecule has 0 unspecified atom stereocenters. The van der Waals surface area contributed by atoms with Crippen LogP contribution >= 0.6 is 0 Å². The lowest BCUT2D eigenvalue weighted by molar-refractivity contribution is 0.539. The molecule has 1 aliphatic rings. The number of hydrogen-bond donors (Lipinski definition) is 0. The molecule has 144 valence electrons. The first-order valence-corrected chi connectivity index (χ1v) is 9.93. The van der Waals surface area contributed by atoms with E-state index < -0.39 is 0 Å². The minimum atomic E-state index is 0.417. The highest BCUT2D eigenvalue weighted by Gasteiger charge is 2.23. The van der Waals surface area contributed by atoms with Gasteiger partial charge in [-0.3, -0.25) is 4.99 Å². The molecule has 0 N–H and O–H groups in total. The van der Waals surface area contributed by atoms with Gasteiger partial charge < -0.3 is 4.90 Å². The van der Waals surface area contributed by atoms with Crippen molar-refractivity contribution >= 4 is 11.4 Å². The van der Waals surface area contributed by atoms with Crippen LogP contribution in [0.3, 0.4) is 0 Å². The minimum absolute atomic E-state index is 0.417. The average molecular weight is 372 g/mol. The Hall–Kier alpha value is -2.86. The van der Waals surface area contributed by atoms with E-state index in [1.807, 2.05) is 13.0 Å². The number of rotatable bonds is 4. The second-order valence-corrected chi connectivity index (χ2v) is 7.91. The number of hydrogen-bond acceptors (Lipinski definition) is 3. The van der Waals surface area contributed by atoms with Crippen LogP contribution in [0.2, 0.25) is 0 Å². The molecule has 0 aliphatic heterocycles. The summed E-state index contributed by atoms with van der Waals surface area (Å²) in [7, 11) is 2.15. The van der Waals surface area contributed by atoms with Crippen LogP contribution in [0.15, 0.2) is 58.7 Å². The molecule has 3 heteroatoms. The van der Waals surface area contributed by atoms with E-state index in [4.69, 9.17) is 10.3 Å². The van der Waals surface area contributed by atoms with Crippen molar-refractivity contribution in [2.75, 3.05) is 11.9 Å². The maximum absolute atomic E-state index is 9.17. The average Bonchev–Trinajstić information content (AvgIpc) is 2.69. The lowest BCUT2D eigenvalue weighted by Crippen LogP contribution is -2.34. The number of anilines is 1. The third kappa shape index (κ3) is 4.34. The zero-order valence-corrected chi connectivity index (χ0v) is 17.6. The van der Waals surface area contributed by atoms with Crippen molar-refractivity contribution in [3.63, 3.8) is 0 Å². The summed E-state index contributed by atoms with van der Waals surface area (Å²) in [6.07, 6.45) is 3.15. The SMILES string of the molecule is CC(=NC1=C(C)CC[C@@H](N(C)c2ccc(C#N)c(C)c2)C1)c1ccc(C)cc1. The molecule has 2 aromatic rings. The number of nitrogens with zero attached hydrogens (tertiary/aromatic N) is 3. The summed E-state index contributed by atoms with van der Waals surface area (Å²) in [6, 6.07) is 17.3. The molecule has 0 amide bonds. The van der Waals surface area contributed by atoms with Crippen LogP contribution in [0.4, 0.5) is 5.69 Å². The highest BCUT2D eigenvalue weighted by molar-refractivity contribution is 5.99. The van der Waals surface area contributed by atoms with Crippen molar-refractivity contribution < 1.29 is 0 Å². The Morgan fingerprint density at radius 1 is 1.11 bits per heavy atom. The summed E-state index contributed by atoms with van der Waals surface area (Å²) in [5, 5.41) is 9.17. The van der Waals surface area contributed by atoms with Crippen LogP contribution in [0.5, 0.6) is 0 Å². The van der Waals surface area contributed by atoms with Crippen LogP contribution in [0, 0.1) is 25.2 Å². The maximum Gasteiger partial charge on any atom is 0.0994 e. The van der Waals surface area contributed by atoms with Gasteiger partial charge in [0.2, 0.25) is 0 Å². The zero-order chi connectivity index (χ0) is 20.3. The predicted molar refractivity (Wildman–Crippen MR) is 118 cm³/mol. The molecule has 1 aliphatic carbocycles. The van der Waals surface area contributed by atoms with E-state index >= 15 is 0 Å². The van der Waals surface area contributed by atoms with E-state index in [9.17, 15) is 0 Å². The van der Waals surface area contributed by atoms with E-state index in [0.29, 0.717) is 6.04 Å². The predicted octanol–water partition coefficient (Wildman–Crippen LogP) is 5.95. The molecule has 0 bridgehead atoms. The number of benzene rings is 2. The van der Waals surface area contributed by atoms with E-state index in [1.165, 1.54) is 28.1 Å². The third-order valence-corrected chi connectivity index (χ3v) is 5.83. The van der Waals surface area contributed by atoms with Crippen molar-refractivity contribution in [3.05, 3.63) is 76.0 Å². The van der Waals surface area contributed by atoms with Crippen molar-refractivity contribution in [1.29, 1.82) is 5.26 Å². The first-order valence-electron chi connectivity index (χ1n) is 9.93. The molecule has 0 radical (unpaired) electrons. The van der Waals surface area contributed by atoms with Crippen LogP contribution in [-0.4, -0.2) is 18.8 Å². The van der Waals surface area contributed by atoms with Crippen LogP contribution in [0.25, 0.3) is 0 Å². The van der Waals surface area contributed by atoms with Gasteiger partial charge in [0.05, 0.1) is 11.6 Å². The summed E-state index contributed by atoms with van der Waals surface area (Å²) < 4.78 is 0. The fraction of sp³-hybridized carbons (Fsp3) is 0.360. The molecular weight excluding hydrogens is 342 g/mol. The van der Waals surface area contributed by atoms with Crippen LogP contribution < -0.4 is 4.90 Å². The van der Waals surface area contributed by atoms with Gasteiger partial charge in [-0.2, -0.15) is 5.26 Å². The van der Waals surface area contributed by atoms with Gasteiger partial charge in [0, 0.05) is 36.6 Å². The monoisotopic (exact) mass is 371 g/mol. The Labute approximate surface area is 169 Å². The lowest BCUT2D eigenvalue weighted by Gasteiger charge is -2.34. The van der Waals surface area contributed by atoms with Gasteiger partial charge >= 0.3 is 0 Å². The van der Waals surface area contributed by atoms with Gasteiger partial charge in [-0.25, -0.2) is 0 Å². The largest absolute Gasteiger partial charge is 0.371 e. The van der Waals surface area contributed by atoms with Gasteiger partial charge in [-0.1, -0.05) is 35.4 Å². The van der Waals surface area contributed by atoms with Gasteiger partial charge in [0.1, 0.15) is 0 Å². The minimum Gasteiger partial charge on any atom is -0.371 e. The van der Waals surface area contributed by atoms with E-state index in [-0.39, 0.29) is 0 Å². The first-order chi connectivity index (χ1) is 13.4. The number of aryl methyl sites for hydroxylation is 2. The Morgan fingerprint density at radius 2 is 1.82 bits per heavy atom. The number of aliphatic imine (C=N–C) groups is 1. The number of allylic oxidation sites excluding steroid dienone is 1. The highest BCUT2D eigenvalue weighted by atomic mass is 15.1. The van der Waals surface area contributed by atoms with E-state index in [0.717, 1.165) is 36.1 Å². The molecule has 1 atom stereocenters. The second-order valence-electron chi connectivity index (χ2n) is 7.91. The van der Waals surface area contributed by atoms with Gasteiger partial charge in [0.25, 0.3) is 0 Å². The standard InChI is InChI=1S/C25H29N3/c1-17-6-9-21(10-7-17)20(4)27-25-15-24(12-8-18(25)2)28(5)23-13-11-22(16-26)19(3)14-23/h6-7,9-11,13-14,24H,8,12,15H2,1-5H3/t24-/m1/s1. The molecular formula is C25H29N3. The molecule has 3 rings (SSSR count). The van der Waals surface area contributed by atoms with Crippen molar-refractivity contribution in [2.45, 2.75) is 53.0 Å². The van der Waals surface area contributed by atoms with Crippen LogP contribution in [0.1, 0.15) is 55.4 Å². The Morgan fingerprint density at radius 3 is 2.46 bits per heavy atom. The molecule has 2 aromatic carbocycles. The summed E-state index contributed by atoms with van der Waals surface area (Å²) in [5.74, 6) is 0. The van der Waals surface area contributed by atoms with Crippen LogP contribution in [-0.2, 0) is 0 Å². The Kier molecular flexibility index (Phi) is 5.99. The fourth-order valence-electron chi connectivity index (χ4n) is 3.76. The number of nitriles is 1. The molecule has 3 nitrogen and oxygen atoms in total. The fourth-order valence-corrected chi connectivity index (χ4v) is 3.76. The summed E-state index contributed by atoms with van der Waals surface area (Å²) in [6.45, 7) is 8.42. The summed E-state index contributed by atoms with van der Waals surface area (Å²) >= 11 is 0. The molecule has 0 aromatic heterocycles. The first kappa shape index (κ1) is 19.9. The molecule has 0 saturated carbocycles. The van der Waals surface area contributed by atoms with Gasteiger partial charge in [0.15, 0.2) is 0 Å². The second kappa shape index (κ2) is 8.44. The van der Waals surface area contributed by atoms with Gasteiger partial charge in [-0.05, 0) is 69.9 Å². The molecule has 28 heavy (non-hydrogen) atoms. The van der Waals surface area contributed by atoms with E-state index in [2.05, 4.69) is 75.2 Å². The van der Waals surface area contributed by atoms with E-state index in [1.54, 1.807) is 0 Å². The Bertz CT molecular complexity index is 958. The maximum atomic E-state index is 9.17. The molecule has 0 saturated heterocycles. The van der Waals surface area contributed by atoms with Crippen molar-refractivity contribution in [2.24, 2.45) is 4.99 Å². The van der Waals surface area contributed by atoms with Gasteiger partial charge in [-0.15, -0.1) is 0 Å². The lowest BCUT2D eigenvalue weighted by atomic mass is 9.91. The highest BCUT2D eigenvalue weighted by Crippen LogP contribution is 2.32. The molecule has 0 fully saturated rings. The smallest absolute Gasteiger partial charge is 0.0994 e. The van der Waals surface area contributed by atoms with Crippen molar-refractivity contribution in [1.82, 2.24) is 0 Å². The third-order valence-electron chi connectivity index (χ3n) is 5.83. The summed E-state index contributed by atoms with van der Waals surface area (Å²) in [5.41, 5.74) is 9.08. The Balaban J connectivity index is 1.80. The molecule has 0 heterocycles. The quantitative estimate of drug-likeness (QED) is 0.623. The van der Waals surface area contributed by atoms with Crippen molar-refractivity contribution in [3.8, 4) is 6.07 Å². The zero-order valence-electron chi connectivity index (χ0n) is 17.6.